The smallest absolute Gasteiger partial charge is 0.0537 e. The fourth-order valence-corrected chi connectivity index (χ4v) is 3.44. The Labute approximate surface area is 123 Å². The highest BCUT2D eigenvalue weighted by Gasteiger charge is 2.23. The first kappa shape index (κ1) is 14.1. The first-order valence-corrected chi connectivity index (χ1v) is 8.67. The molecule has 1 aromatic heterocycles. The maximum absolute atomic E-state index is 4.78. The number of aromatic nitrogens is 2. The van der Waals surface area contributed by atoms with E-state index < -0.39 is 0 Å². The molecule has 3 rings (SSSR count). The molecule has 3 heteroatoms. The zero-order valence-electron chi connectivity index (χ0n) is 12.9. The molecule has 0 saturated heterocycles. The Kier molecular flexibility index (Phi) is 4.77. The van der Waals surface area contributed by atoms with Gasteiger partial charge in [0.05, 0.1) is 12.2 Å². The molecule has 0 aromatic carbocycles. The summed E-state index contributed by atoms with van der Waals surface area (Å²) in [6, 6.07) is 1.44. The van der Waals surface area contributed by atoms with E-state index >= 15 is 0 Å². The highest BCUT2D eigenvalue weighted by molar-refractivity contribution is 5.19. The van der Waals surface area contributed by atoms with Crippen LogP contribution in [0.1, 0.15) is 82.0 Å². The van der Waals surface area contributed by atoms with Crippen molar-refractivity contribution in [3.8, 4) is 0 Å². The van der Waals surface area contributed by atoms with Gasteiger partial charge in [-0.15, -0.1) is 0 Å². The fraction of sp³-hybridized carbons (Fsp3) is 0.824. The van der Waals surface area contributed by atoms with E-state index in [4.69, 9.17) is 5.10 Å². The van der Waals surface area contributed by atoms with Gasteiger partial charge in [0.2, 0.25) is 0 Å². The summed E-state index contributed by atoms with van der Waals surface area (Å²) in [6.07, 6.45) is 15.5. The molecule has 0 bridgehead atoms. The van der Waals surface area contributed by atoms with Gasteiger partial charge in [0.25, 0.3) is 0 Å². The predicted molar refractivity (Wildman–Crippen MR) is 82.8 cm³/mol. The summed E-state index contributed by atoms with van der Waals surface area (Å²) < 4.78 is 2.39. The molecule has 0 spiro atoms. The second-order valence-electron chi connectivity index (χ2n) is 6.61. The molecule has 2 aliphatic rings. The highest BCUT2D eigenvalue weighted by atomic mass is 15.3. The van der Waals surface area contributed by atoms with Gasteiger partial charge < -0.3 is 5.32 Å². The van der Waals surface area contributed by atoms with Crippen molar-refractivity contribution >= 4 is 0 Å². The largest absolute Gasteiger partial charge is 0.310 e. The molecule has 0 amide bonds. The Morgan fingerprint density at radius 2 is 1.90 bits per heavy atom. The van der Waals surface area contributed by atoms with Crippen LogP contribution in [0.25, 0.3) is 0 Å². The summed E-state index contributed by atoms with van der Waals surface area (Å²) in [5.41, 5.74) is 2.95. The van der Waals surface area contributed by atoms with Gasteiger partial charge in [-0.25, -0.2) is 0 Å². The molecule has 20 heavy (non-hydrogen) atoms. The van der Waals surface area contributed by atoms with E-state index in [0.717, 1.165) is 12.6 Å². The van der Waals surface area contributed by atoms with Gasteiger partial charge in [-0.1, -0.05) is 39.0 Å². The summed E-state index contributed by atoms with van der Waals surface area (Å²) in [5.74, 6) is 0. The van der Waals surface area contributed by atoms with E-state index in [1.165, 1.54) is 75.5 Å². The van der Waals surface area contributed by atoms with Gasteiger partial charge in [0.15, 0.2) is 0 Å². The molecule has 1 aromatic rings. The average Bonchev–Trinajstić information content (AvgIpc) is 3.24. The molecular formula is C17H29N3. The second-order valence-corrected chi connectivity index (χ2v) is 6.61. The molecule has 0 atom stereocenters. The van der Waals surface area contributed by atoms with Crippen LogP contribution < -0.4 is 5.32 Å². The summed E-state index contributed by atoms with van der Waals surface area (Å²) in [5, 5.41) is 8.42. The molecule has 2 saturated carbocycles. The highest BCUT2D eigenvalue weighted by Crippen LogP contribution is 2.29. The molecule has 112 valence electrons. The maximum atomic E-state index is 4.78. The Hall–Kier alpha value is -0.830. The molecule has 1 heterocycles. The van der Waals surface area contributed by atoms with Crippen LogP contribution in [0.5, 0.6) is 0 Å². The van der Waals surface area contributed by atoms with E-state index in [1.54, 1.807) is 0 Å². The van der Waals surface area contributed by atoms with Crippen LogP contribution in [0, 0.1) is 0 Å². The lowest BCUT2D eigenvalue weighted by atomic mass is 10.1. The van der Waals surface area contributed by atoms with Crippen LogP contribution >= 0.6 is 0 Å². The van der Waals surface area contributed by atoms with Crippen molar-refractivity contribution in [1.29, 1.82) is 0 Å². The molecule has 2 fully saturated rings. The maximum Gasteiger partial charge on any atom is 0.0537 e. The van der Waals surface area contributed by atoms with E-state index in [-0.39, 0.29) is 0 Å². The van der Waals surface area contributed by atoms with Gasteiger partial charge >= 0.3 is 0 Å². The Bertz CT molecular complexity index is 412. The zero-order valence-corrected chi connectivity index (χ0v) is 12.9. The van der Waals surface area contributed by atoms with E-state index in [9.17, 15) is 0 Å². The average molecular weight is 275 g/mol. The summed E-state index contributed by atoms with van der Waals surface area (Å²) in [6.45, 7) is 3.30. The molecule has 2 aliphatic carbocycles. The van der Waals surface area contributed by atoms with Crippen molar-refractivity contribution in [3.63, 3.8) is 0 Å². The number of hydrogen-bond acceptors (Lipinski definition) is 2. The van der Waals surface area contributed by atoms with Crippen LogP contribution in [-0.2, 0) is 13.0 Å². The number of rotatable bonds is 6. The number of hydrogen-bond donors (Lipinski definition) is 1. The van der Waals surface area contributed by atoms with E-state index in [0.29, 0.717) is 6.04 Å². The third-order valence-corrected chi connectivity index (χ3v) is 4.80. The van der Waals surface area contributed by atoms with Gasteiger partial charge in [-0.2, -0.15) is 5.10 Å². The Balaban J connectivity index is 1.73. The Morgan fingerprint density at radius 1 is 1.15 bits per heavy atom. The SMILES string of the molecule is CCCc1c(CNC2CC2)cnn1C1CCCCCC1. The Morgan fingerprint density at radius 3 is 2.55 bits per heavy atom. The van der Waals surface area contributed by atoms with Crippen molar-refractivity contribution in [2.24, 2.45) is 0 Å². The van der Waals surface area contributed by atoms with Crippen molar-refractivity contribution in [2.45, 2.75) is 89.8 Å². The van der Waals surface area contributed by atoms with Gasteiger partial charge in [0, 0.05) is 23.8 Å². The molecular weight excluding hydrogens is 246 g/mol. The summed E-state index contributed by atoms with van der Waals surface area (Å²) in [7, 11) is 0. The van der Waals surface area contributed by atoms with Crippen LogP contribution in [-0.4, -0.2) is 15.8 Å². The summed E-state index contributed by atoms with van der Waals surface area (Å²) in [4.78, 5) is 0. The minimum Gasteiger partial charge on any atom is -0.310 e. The normalized spacial score (nSPS) is 21.1. The minimum absolute atomic E-state index is 0.661. The lowest BCUT2D eigenvalue weighted by molar-refractivity contribution is 0.392. The van der Waals surface area contributed by atoms with Crippen LogP contribution in [0.3, 0.4) is 0 Å². The molecule has 3 nitrogen and oxygen atoms in total. The van der Waals surface area contributed by atoms with Gasteiger partial charge in [0.1, 0.15) is 0 Å². The molecule has 0 unspecified atom stereocenters. The number of nitrogens with zero attached hydrogens (tertiary/aromatic N) is 2. The first-order valence-electron chi connectivity index (χ1n) is 8.67. The van der Waals surface area contributed by atoms with Crippen molar-refractivity contribution in [3.05, 3.63) is 17.5 Å². The number of nitrogens with one attached hydrogen (secondary N) is 1. The van der Waals surface area contributed by atoms with Crippen LogP contribution in [0.4, 0.5) is 0 Å². The van der Waals surface area contributed by atoms with E-state index in [2.05, 4.69) is 23.1 Å². The summed E-state index contributed by atoms with van der Waals surface area (Å²) >= 11 is 0. The molecule has 0 aliphatic heterocycles. The topological polar surface area (TPSA) is 29.9 Å². The predicted octanol–water partition coefficient (Wildman–Crippen LogP) is 3.98. The minimum atomic E-state index is 0.661. The monoisotopic (exact) mass is 275 g/mol. The first-order chi connectivity index (χ1) is 9.88. The second kappa shape index (κ2) is 6.75. The molecule has 0 radical (unpaired) electrons. The standard InChI is InChI=1S/C17H29N3/c1-2-7-17-14(12-18-15-10-11-15)13-19-20(17)16-8-5-3-4-6-9-16/h13,15-16,18H,2-12H2,1H3. The third kappa shape index (κ3) is 3.43. The third-order valence-electron chi connectivity index (χ3n) is 4.80. The molecule has 1 N–H and O–H groups in total. The van der Waals surface area contributed by atoms with Gasteiger partial charge in [-0.05, 0) is 32.1 Å². The van der Waals surface area contributed by atoms with Crippen molar-refractivity contribution in [2.75, 3.05) is 0 Å². The fourth-order valence-electron chi connectivity index (χ4n) is 3.44. The lowest BCUT2D eigenvalue weighted by Crippen LogP contribution is -2.18. The lowest BCUT2D eigenvalue weighted by Gasteiger charge is -2.19. The van der Waals surface area contributed by atoms with Crippen LogP contribution in [0.15, 0.2) is 6.20 Å². The van der Waals surface area contributed by atoms with Gasteiger partial charge in [-0.3, -0.25) is 4.68 Å². The quantitative estimate of drug-likeness (QED) is 0.796. The zero-order chi connectivity index (χ0) is 13.8. The van der Waals surface area contributed by atoms with Crippen LogP contribution in [0.2, 0.25) is 0 Å². The van der Waals surface area contributed by atoms with Crippen molar-refractivity contribution in [1.82, 2.24) is 15.1 Å². The van der Waals surface area contributed by atoms with Crippen molar-refractivity contribution < 1.29 is 0 Å². The van der Waals surface area contributed by atoms with E-state index in [1.807, 2.05) is 0 Å².